The number of hydrogen-bond donors (Lipinski definition) is 1. The predicted octanol–water partition coefficient (Wildman–Crippen LogP) is 1.24. The van der Waals surface area contributed by atoms with E-state index in [0.29, 0.717) is 6.04 Å². The highest BCUT2D eigenvalue weighted by Crippen LogP contribution is 2.18. The smallest absolute Gasteiger partial charge is 0.0753 e. The molecule has 0 bridgehead atoms. The summed E-state index contributed by atoms with van der Waals surface area (Å²) in [6.07, 6.45) is 5.29. The molecule has 4 nitrogen and oxygen atoms in total. The van der Waals surface area contributed by atoms with E-state index in [9.17, 15) is 0 Å². The van der Waals surface area contributed by atoms with Crippen molar-refractivity contribution in [2.75, 3.05) is 24.5 Å². The lowest BCUT2D eigenvalue weighted by Crippen LogP contribution is -2.53. The summed E-state index contributed by atoms with van der Waals surface area (Å²) in [6.45, 7) is 7.84. The Morgan fingerprint density at radius 3 is 3.06 bits per heavy atom. The number of nitrogens with zero attached hydrogens (tertiary/aromatic N) is 3. The highest BCUT2D eigenvalue weighted by Gasteiger charge is 2.23. The van der Waals surface area contributed by atoms with Crippen LogP contribution in [-0.2, 0) is 7.05 Å². The minimum atomic E-state index is 0.610. The van der Waals surface area contributed by atoms with E-state index in [1.165, 1.54) is 12.1 Å². The Morgan fingerprint density at radius 1 is 1.62 bits per heavy atom. The summed E-state index contributed by atoms with van der Waals surface area (Å²) in [6, 6.07) is 0.610. The first-order chi connectivity index (χ1) is 7.70. The Kier molecular flexibility index (Phi) is 3.49. The molecule has 2 unspecified atom stereocenters. The van der Waals surface area contributed by atoms with Gasteiger partial charge in [0.15, 0.2) is 0 Å². The Bertz CT molecular complexity index is 334. The van der Waals surface area contributed by atoms with E-state index in [1.54, 1.807) is 0 Å². The van der Waals surface area contributed by atoms with Gasteiger partial charge in [-0.05, 0) is 5.92 Å². The van der Waals surface area contributed by atoms with Crippen molar-refractivity contribution in [1.82, 2.24) is 15.1 Å². The number of nitrogens with one attached hydrogen (secondary N) is 1. The van der Waals surface area contributed by atoms with Crippen molar-refractivity contribution in [3.05, 3.63) is 12.4 Å². The Balaban J connectivity index is 2.01. The topological polar surface area (TPSA) is 33.1 Å². The monoisotopic (exact) mass is 222 g/mol. The number of aromatic nitrogens is 2. The van der Waals surface area contributed by atoms with Crippen LogP contribution in [0.3, 0.4) is 0 Å². The number of anilines is 1. The van der Waals surface area contributed by atoms with Crippen LogP contribution in [0.15, 0.2) is 12.4 Å². The van der Waals surface area contributed by atoms with Gasteiger partial charge in [-0.15, -0.1) is 0 Å². The first kappa shape index (κ1) is 11.5. The molecular weight excluding hydrogens is 200 g/mol. The number of piperazine rings is 1. The molecule has 0 saturated carbocycles. The van der Waals surface area contributed by atoms with Crippen LogP contribution in [0.1, 0.15) is 20.3 Å². The first-order valence-corrected chi connectivity index (χ1v) is 6.17. The van der Waals surface area contributed by atoms with Gasteiger partial charge in [0.2, 0.25) is 0 Å². The molecule has 0 amide bonds. The van der Waals surface area contributed by atoms with Gasteiger partial charge in [0, 0.05) is 38.9 Å². The molecule has 1 saturated heterocycles. The van der Waals surface area contributed by atoms with Gasteiger partial charge in [0.25, 0.3) is 0 Å². The van der Waals surface area contributed by atoms with Gasteiger partial charge in [0.05, 0.1) is 11.9 Å². The lowest BCUT2D eigenvalue weighted by Gasteiger charge is -2.37. The van der Waals surface area contributed by atoms with E-state index in [-0.39, 0.29) is 0 Å². The van der Waals surface area contributed by atoms with Crippen molar-refractivity contribution in [3.63, 3.8) is 0 Å². The van der Waals surface area contributed by atoms with E-state index < -0.39 is 0 Å². The average Bonchev–Trinajstić information content (AvgIpc) is 2.75. The summed E-state index contributed by atoms with van der Waals surface area (Å²) < 4.78 is 1.87. The SMILES string of the molecule is CCC(C)C1CN(c2cnn(C)c2)CCN1. The summed E-state index contributed by atoms with van der Waals surface area (Å²) in [5.41, 5.74) is 1.25. The van der Waals surface area contributed by atoms with Crippen LogP contribution < -0.4 is 10.2 Å². The lowest BCUT2D eigenvalue weighted by atomic mass is 9.97. The highest BCUT2D eigenvalue weighted by molar-refractivity contribution is 5.43. The van der Waals surface area contributed by atoms with Crippen LogP contribution in [0.5, 0.6) is 0 Å². The molecule has 1 fully saturated rings. The molecule has 2 heterocycles. The van der Waals surface area contributed by atoms with Gasteiger partial charge in [-0.1, -0.05) is 20.3 Å². The molecule has 1 aromatic rings. The molecular formula is C12H22N4. The Hall–Kier alpha value is -1.03. The average molecular weight is 222 g/mol. The van der Waals surface area contributed by atoms with Gasteiger partial charge in [0.1, 0.15) is 0 Å². The summed E-state index contributed by atoms with van der Waals surface area (Å²) in [4.78, 5) is 2.43. The van der Waals surface area contributed by atoms with Gasteiger partial charge >= 0.3 is 0 Å². The summed E-state index contributed by atoms with van der Waals surface area (Å²) in [5, 5.41) is 7.84. The van der Waals surface area contributed by atoms with E-state index in [4.69, 9.17) is 0 Å². The molecule has 0 spiro atoms. The third-order valence-electron chi connectivity index (χ3n) is 3.59. The minimum absolute atomic E-state index is 0.610. The maximum absolute atomic E-state index is 4.24. The zero-order valence-corrected chi connectivity index (χ0v) is 10.5. The van der Waals surface area contributed by atoms with E-state index in [1.807, 2.05) is 17.9 Å². The molecule has 2 atom stereocenters. The molecule has 16 heavy (non-hydrogen) atoms. The molecule has 0 aliphatic carbocycles. The van der Waals surface area contributed by atoms with E-state index in [2.05, 4.69) is 35.4 Å². The summed E-state index contributed by atoms with van der Waals surface area (Å²) >= 11 is 0. The molecule has 1 aliphatic rings. The van der Waals surface area contributed by atoms with Crippen LogP contribution in [0, 0.1) is 5.92 Å². The molecule has 4 heteroatoms. The Labute approximate surface area is 97.6 Å². The second-order valence-electron chi connectivity index (χ2n) is 4.76. The van der Waals surface area contributed by atoms with Crippen molar-refractivity contribution in [3.8, 4) is 0 Å². The normalized spacial score (nSPS) is 23.4. The van der Waals surface area contributed by atoms with Gasteiger partial charge in [-0.3, -0.25) is 4.68 Å². The quantitative estimate of drug-likeness (QED) is 0.835. The third-order valence-corrected chi connectivity index (χ3v) is 3.59. The maximum Gasteiger partial charge on any atom is 0.0753 e. The minimum Gasteiger partial charge on any atom is -0.366 e. The van der Waals surface area contributed by atoms with Crippen LogP contribution in [0.4, 0.5) is 5.69 Å². The van der Waals surface area contributed by atoms with Gasteiger partial charge < -0.3 is 10.2 Å². The number of hydrogen-bond acceptors (Lipinski definition) is 3. The molecule has 1 aliphatic heterocycles. The number of aryl methyl sites for hydroxylation is 1. The predicted molar refractivity (Wildman–Crippen MR) is 66.7 cm³/mol. The molecule has 1 N–H and O–H groups in total. The highest BCUT2D eigenvalue weighted by atomic mass is 15.3. The van der Waals surface area contributed by atoms with Crippen LogP contribution in [0.2, 0.25) is 0 Å². The summed E-state index contributed by atoms with van der Waals surface area (Å²) in [5.74, 6) is 0.736. The van der Waals surface area contributed by atoms with Gasteiger partial charge in [-0.2, -0.15) is 5.10 Å². The van der Waals surface area contributed by atoms with Crippen molar-refractivity contribution in [2.45, 2.75) is 26.3 Å². The lowest BCUT2D eigenvalue weighted by molar-refractivity contribution is 0.342. The standard InChI is InChI=1S/C12H22N4/c1-4-10(2)12-9-16(6-5-13-12)11-7-14-15(3)8-11/h7-8,10,12-13H,4-6,9H2,1-3H3. The summed E-state index contributed by atoms with van der Waals surface area (Å²) in [7, 11) is 1.97. The molecule has 0 radical (unpaired) electrons. The van der Waals surface area contributed by atoms with Crippen molar-refractivity contribution in [1.29, 1.82) is 0 Å². The molecule has 90 valence electrons. The fourth-order valence-corrected chi connectivity index (χ4v) is 2.25. The maximum atomic E-state index is 4.24. The van der Waals surface area contributed by atoms with Crippen molar-refractivity contribution in [2.24, 2.45) is 13.0 Å². The van der Waals surface area contributed by atoms with Crippen molar-refractivity contribution < 1.29 is 0 Å². The first-order valence-electron chi connectivity index (χ1n) is 6.17. The van der Waals surface area contributed by atoms with Crippen molar-refractivity contribution >= 4 is 5.69 Å². The fourth-order valence-electron chi connectivity index (χ4n) is 2.25. The molecule has 0 aromatic carbocycles. The van der Waals surface area contributed by atoms with Crippen LogP contribution in [0.25, 0.3) is 0 Å². The zero-order chi connectivity index (χ0) is 11.5. The Morgan fingerprint density at radius 2 is 2.44 bits per heavy atom. The molecule has 1 aromatic heterocycles. The zero-order valence-electron chi connectivity index (χ0n) is 10.5. The largest absolute Gasteiger partial charge is 0.366 e. The fraction of sp³-hybridized carbons (Fsp3) is 0.750. The third kappa shape index (κ3) is 2.38. The van der Waals surface area contributed by atoms with Crippen LogP contribution in [-0.4, -0.2) is 35.5 Å². The van der Waals surface area contributed by atoms with Gasteiger partial charge in [-0.25, -0.2) is 0 Å². The van der Waals surface area contributed by atoms with E-state index >= 15 is 0 Å². The van der Waals surface area contributed by atoms with Crippen LogP contribution >= 0.6 is 0 Å². The second-order valence-corrected chi connectivity index (χ2v) is 4.76. The van der Waals surface area contributed by atoms with E-state index in [0.717, 1.165) is 25.6 Å². The molecule has 2 rings (SSSR count). The number of rotatable bonds is 3. The second kappa shape index (κ2) is 4.87.